The number of rotatable bonds is 18. The quantitative estimate of drug-likeness (QED) is 0.0488. The number of ether oxygens (including phenoxy) is 2. The molecule has 3 aromatic rings. The van der Waals surface area contributed by atoms with Crippen molar-refractivity contribution in [3.63, 3.8) is 0 Å². The van der Waals surface area contributed by atoms with Gasteiger partial charge in [0, 0.05) is 31.8 Å². The molecule has 0 aliphatic rings. The fourth-order valence-corrected chi connectivity index (χ4v) is 5.64. The first-order chi connectivity index (χ1) is 22.7. The molecule has 1 aromatic heterocycles. The number of hydrogen-bond donors (Lipinski definition) is 1. The van der Waals surface area contributed by atoms with Crippen molar-refractivity contribution < 1.29 is 23.9 Å². The van der Waals surface area contributed by atoms with Gasteiger partial charge in [0.05, 0.1) is 30.2 Å². The summed E-state index contributed by atoms with van der Waals surface area (Å²) in [6.07, 6.45) is 2.57. The van der Waals surface area contributed by atoms with Crippen LogP contribution >= 0.6 is 11.3 Å². The third-order valence-corrected chi connectivity index (χ3v) is 8.46. The standard InChI is InChI=1S/C35H40N6O5S/c1-5-10-28(35(43)46-38)20-33(42)45-25(3)15-18-44-17-9-16-41(23-27-11-7-6-8-12-27)29-13-14-31(24(2)19-29)39-40-34-30(21-36)26(4)32(22-37)47-34/h5-8,11-14,19,25,28H,1,9-10,15-18,20,23,38H2,2-4H3. The van der Waals surface area contributed by atoms with Gasteiger partial charge in [-0.3, -0.25) is 9.59 Å². The van der Waals surface area contributed by atoms with E-state index in [1.807, 2.05) is 37.3 Å². The van der Waals surface area contributed by atoms with E-state index in [-0.39, 0.29) is 18.9 Å². The largest absolute Gasteiger partial charge is 0.463 e. The maximum atomic E-state index is 12.3. The molecule has 0 radical (unpaired) electrons. The SMILES string of the molecule is C=CCC(CC(=O)OC(C)CCOCCCN(Cc1ccccc1)c1ccc(N=Nc2sc(C#N)c(C)c2C#N)c(C)c1)C(=O)ON. The highest BCUT2D eigenvalue weighted by Crippen LogP contribution is 2.36. The Hall–Kier alpha value is -4.88. The smallest absolute Gasteiger partial charge is 0.328 e. The highest BCUT2D eigenvalue weighted by atomic mass is 32.1. The summed E-state index contributed by atoms with van der Waals surface area (Å²) in [4.78, 5) is 31.0. The van der Waals surface area contributed by atoms with Crippen molar-refractivity contribution in [3.05, 3.63) is 88.3 Å². The van der Waals surface area contributed by atoms with Crippen molar-refractivity contribution in [2.24, 2.45) is 22.0 Å². The van der Waals surface area contributed by atoms with E-state index in [4.69, 9.17) is 15.4 Å². The Balaban J connectivity index is 1.56. The molecular formula is C35H40N6O5S. The third-order valence-electron chi connectivity index (χ3n) is 7.38. The first-order valence-electron chi connectivity index (χ1n) is 15.2. The summed E-state index contributed by atoms with van der Waals surface area (Å²) >= 11 is 1.16. The Morgan fingerprint density at radius 2 is 1.87 bits per heavy atom. The summed E-state index contributed by atoms with van der Waals surface area (Å²) in [7, 11) is 0. The zero-order valence-electron chi connectivity index (χ0n) is 27.0. The number of nitrogens with two attached hydrogens (primary N) is 1. The van der Waals surface area contributed by atoms with Gasteiger partial charge in [0.1, 0.15) is 23.1 Å². The van der Waals surface area contributed by atoms with Gasteiger partial charge in [0.25, 0.3) is 0 Å². The van der Waals surface area contributed by atoms with Crippen molar-refractivity contribution in [2.75, 3.05) is 24.7 Å². The molecule has 1 heterocycles. The molecule has 246 valence electrons. The minimum atomic E-state index is -0.719. The third kappa shape index (κ3) is 11.2. The normalized spacial score (nSPS) is 12.1. The number of azo groups is 1. The fourth-order valence-electron chi connectivity index (χ4n) is 4.76. The average Bonchev–Trinajstić information content (AvgIpc) is 3.38. The van der Waals surface area contributed by atoms with Crippen LogP contribution in [0.4, 0.5) is 16.4 Å². The van der Waals surface area contributed by atoms with E-state index in [1.54, 1.807) is 13.8 Å². The van der Waals surface area contributed by atoms with Crippen molar-refractivity contribution in [1.82, 2.24) is 0 Å². The van der Waals surface area contributed by atoms with Crippen LogP contribution in [0.15, 0.2) is 71.4 Å². The molecule has 3 rings (SSSR count). The Labute approximate surface area is 279 Å². The van der Waals surface area contributed by atoms with Crippen LogP contribution in [0, 0.1) is 42.4 Å². The van der Waals surface area contributed by atoms with Gasteiger partial charge in [-0.1, -0.05) is 36.4 Å². The van der Waals surface area contributed by atoms with Gasteiger partial charge in [0.15, 0.2) is 5.00 Å². The predicted octanol–water partition coefficient (Wildman–Crippen LogP) is 7.26. The van der Waals surface area contributed by atoms with Gasteiger partial charge in [-0.2, -0.15) is 16.4 Å². The molecule has 0 aliphatic carbocycles. The van der Waals surface area contributed by atoms with Gasteiger partial charge in [-0.15, -0.1) is 28.1 Å². The maximum absolute atomic E-state index is 12.3. The second-order valence-corrected chi connectivity index (χ2v) is 12.0. The van der Waals surface area contributed by atoms with E-state index >= 15 is 0 Å². The number of carbonyl (C=O) groups excluding carboxylic acids is 2. The average molecular weight is 657 g/mol. The molecule has 0 saturated heterocycles. The highest BCUT2D eigenvalue weighted by molar-refractivity contribution is 7.16. The maximum Gasteiger partial charge on any atom is 0.328 e. The number of allylic oxidation sites excluding steroid dienone is 1. The molecule has 0 spiro atoms. The molecular weight excluding hydrogens is 616 g/mol. The number of thiophene rings is 1. The number of esters is 1. The van der Waals surface area contributed by atoms with E-state index in [0.29, 0.717) is 52.9 Å². The molecule has 0 saturated carbocycles. The second kappa shape index (κ2) is 18.9. The van der Waals surface area contributed by atoms with E-state index in [0.717, 1.165) is 35.6 Å². The Morgan fingerprint density at radius 3 is 2.53 bits per heavy atom. The summed E-state index contributed by atoms with van der Waals surface area (Å²) in [6.45, 7) is 11.5. The number of carbonyl (C=O) groups is 2. The molecule has 12 heteroatoms. The predicted molar refractivity (Wildman–Crippen MR) is 180 cm³/mol. The minimum Gasteiger partial charge on any atom is -0.463 e. The summed E-state index contributed by atoms with van der Waals surface area (Å²) < 4.78 is 11.3. The van der Waals surface area contributed by atoms with E-state index in [1.165, 1.54) is 11.6 Å². The number of nitriles is 2. The molecule has 0 aliphatic heterocycles. The van der Waals surface area contributed by atoms with Crippen LogP contribution in [0.2, 0.25) is 0 Å². The monoisotopic (exact) mass is 656 g/mol. The van der Waals surface area contributed by atoms with Gasteiger partial charge in [-0.05, 0) is 68.5 Å². The zero-order valence-corrected chi connectivity index (χ0v) is 27.8. The van der Waals surface area contributed by atoms with Crippen LogP contribution in [0.5, 0.6) is 0 Å². The lowest BCUT2D eigenvalue weighted by Gasteiger charge is -2.26. The van der Waals surface area contributed by atoms with Crippen LogP contribution in [0.1, 0.15) is 59.7 Å². The Morgan fingerprint density at radius 1 is 1.11 bits per heavy atom. The fraction of sp³-hybridized carbons (Fsp3) is 0.371. The van der Waals surface area contributed by atoms with E-state index in [2.05, 4.69) is 56.9 Å². The van der Waals surface area contributed by atoms with Crippen LogP contribution in [-0.4, -0.2) is 37.8 Å². The molecule has 2 aromatic carbocycles. The topological polar surface area (TPSA) is 163 Å². The van der Waals surface area contributed by atoms with Crippen molar-refractivity contribution in [1.29, 1.82) is 10.5 Å². The molecule has 2 unspecified atom stereocenters. The summed E-state index contributed by atoms with van der Waals surface area (Å²) in [5, 5.41) is 27.9. The molecule has 47 heavy (non-hydrogen) atoms. The lowest BCUT2D eigenvalue weighted by Crippen LogP contribution is -2.26. The summed E-state index contributed by atoms with van der Waals surface area (Å²) in [6, 6.07) is 20.4. The van der Waals surface area contributed by atoms with Crippen LogP contribution < -0.4 is 10.8 Å². The first-order valence-corrected chi connectivity index (χ1v) is 16.1. The molecule has 0 bridgehead atoms. The Kier molecular flexibility index (Phi) is 14.7. The number of aryl methyl sites for hydroxylation is 1. The van der Waals surface area contributed by atoms with Crippen LogP contribution in [-0.2, 0) is 30.4 Å². The zero-order chi connectivity index (χ0) is 34.2. The molecule has 2 atom stereocenters. The molecule has 11 nitrogen and oxygen atoms in total. The molecule has 0 amide bonds. The first kappa shape index (κ1) is 36.6. The van der Waals surface area contributed by atoms with Gasteiger partial charge in [-0.25, -0.2) is 0 Å². The van der Waals surface area contributed by atoms with Crippen molar-refractivity contribution >= 4 is 39.7 Å². The minimum absolute atomic E-state index is 0.131. The van der Waals surface area contributed by atoms with Crippen LogP contribution in [0.25, 0.3) is 0 Å². The Bertz CT molecular complexity index is 1630. The summed E-state index contributed by atoms with van der Waals surface area (Å²) in [5.41, 5.74) is 4.80. The molecule has 0 fully saturated rings. The second-order valence-electron chi connectivity index (χ2n) is 11.0. The van der Waals surface area contributed by atoms with Crippen molar-refractivity contribution in [2.45, 2.75) is 59.1 Å². The van der Waals surface area contributed by atoms with Gasteiger partial charge in [0.2, 0.25) is 0 Å². The summed E-state index contributed by atoms with van der Waals surface area (Å²) in [5.74, 6) is 3.06. The lowest BCUT2D eigenvalue weighted by atomic mass is 10.0. The van der Waals surface area contributed by atoms with E-state index < -0.39 is 17.9 Å². The highest BCUT2D eigenvalue weighted by Gasteiger charge is 2.24. The van der Waals surface area contributed by atoms with Crippen molar-refractivity contribution in [3.8, 4) is 12.1 Å². The molecule has 2 N–H and O–H groups in total. The number of benzene rings is 2. The van der Waals surface area contributed by atoms with Gasteiger partial charge < -0.3 is 19.2 Å². The van der Waals surface area contributed by atoms with Gasteiger partial charge >= 0.3 is 11.9 Å². The number of hydrogen-bond acceptors (Lipinski definition) is 12. The van der Waals surface area contributed by atoms with E-state index in [9.17, 15) is 20.1 Å². The van der Waals surface area contributed by atoms with Crippen LogP contribution in [0.3, 0.4) is 0 Å². The number of anilines is 1. The lowest BCUT2D eigenvalue weighted by molar-refractivity contribution is -0.158. The number of nitrogens with zero attached hydrogens (tertiary/aromatic N) is 5.